The Hall–Kier alpha value is -3.14. The summed E-state index contributed by atoms with van der Waals surface area (Å²) < 4.78 is 1.03. The van der Waals surface area contributed by atoms with Crippen molar-refractivity contribution in [2.75, 3.05) is 5.32 Å². The van der Waals surface area contributed by atoms with Crippen LogP contribution < -0.4 is 22.1 Å². The Morgan fingerprint density at radius 2 is 1.93 bits per heavy atom. The number of hydrogen-bond acceptors (Lipinski definition) is 6. The number of thiazole rings is 1. The van der Waals surface area contributed by atoms with Gasteiger partial charge in [-0.25, -0.2) is 9.78 Å². The summed E-state index contributed by atoms with van der Waals surface area (Å²) in [5, 5.41) is 6.29. The molecule has 0 unspecified atom stereocenters. The SMILES string of the molecule is NCc1cc(NC(=O)Cc2nc3ccccc3s2)cc(C(=O)NC2(C([NH3+])=O)CC2)c1. The van der Waals surface area contributed by atoms with E-state index in [-0.39, 0.29) is 30.7 Å². The van der Waals surface area contributed by atoms with Crippen molar-refractivity contribution in [3.05, 3.63) is 58.6 Å². The number of rotatable bonds is 7. The summed E-state index contributed by atoms with van der Waals surface area (Å²) in [5.41, 5.74) is 10.7. The highest BCUT2D eigenvalue weighted by Crippen LogP contribution is 2.34. The monoisotopic (exact) mass is 424 g/mol. The van der Waals surface area contributed by atoms with Crippen molar-refractivity contribution in [3.63, 3.8) is 0 Å². The summed E-state index contributed by atoms with van der Waals surface area (Å²) in [6.45, 7) is 0.210. The second-order valence-corrected chi connectivity index (χ2v) is 8.50. The van der Waals surface area contributed by atoms with Crippen LogP contribution in [0.3, 0.4) is 0 Å². The molecule has 3 amide bonds. The van der Waals surface area contributed by atoms with E-state index in [9.17, 15) is 14.4 Å². The predicted octanol–water partition coefficient (Wildman–Crippen LogP) is 0.967. The Balaban J connectivity index is 1.49. The van der Waals surface area contributed by atoms with Crippen LogP contribution in [0.1, 0.15) is 33.8 Å². The summed E-state index contributed by atoms with van der Waals surface area (Å²) in [7, 11) is 0. The summed E-state index contributed by atoms with van der Waals surface area (Å²) in [6, 6.07) is 12.7. The van der Waals surface area contributed by atoms with Crippen LogP contribution in [0, 0.1) is 0 Å². The van der Waals surface area contributed by atoms with E-state index in [2.05, 4.69) is 21.4 Å². The first-order chi connectivity index (χ1) is 14.4. The first-order valence-electron chi connectivity index (χ1n) is 9.56. The fourth-order valence-electron chi connectivity index (χ4n) is 3.24. The molecule has 1 aliphatic rings. The number of fused-ring (bicyclic) bond motifs is 1. The molecule has 1 aromatic heterocycles. The van der Waals surface area contributed by atoms with Crippen molar-refractivity contribution < 1.29 is 20.1 Å². The van der Waals surface area contributed by atoms with Crippen molar-refractivity contribution in [1.29, 1.82) is 0 Å². The molecule has 0 saturated heterocycles. The van der Waals surface area contributed by atoms with Gasteiger partial charge in [-0.1, -0.05) is 12.1 Å². The van der Waals surface area contributed by atoms with Crippen LogP contribution in [0.2, 0.25) is 0 Å². The van der Waals surface area contributed by atoms with Gasteiger partial charge in [0.15, 0.2) is 5.54 Å². The summed E-state index contributed by atoms with van der Waals surface area (Å²) in [4.78, 5) is 41.3. The number of nitrogens with one attached hydrogen (secondary N) is 2. The zero-order valence-corrected chi connectivity index (χ0v) is 17.1. The number of benzene rings is 2. The Morgan fingerprint density at radius 1 is 1.17 bits per heavy atom. The van der Waals surface area contributed by atoms with Gasteiger partial charge in [-0.2, -0.15) is 0 Å². The maximum atomic E-state index is 12.6. The largest absolute Gasteiger partial charge is 0.334 e. The summed E-state index contributed by atoms with van der Waals surface area (Å²) in [5.74, 6) is -0.919. The molecule has 4 rings (SSSR count). The van der Waals surface area contributed by atoms with Gasteiger partial charge in [0.25, 0.3) is 5.91 Å². The highest BCUT2D eigenvalue weighted by atomic mass is 32.1. The molecule has 0 spiro atoms. The number of carbonyl (C=O) groups excluding carboxylic acids is 3. The van der Waals surface area contributed by atoms with E-state index in [0.29, 0.717) is 34.7 Å². The summed E-state index contributed by atoms with van der Waals surface area (Å²) >= 11 is 1.47. The van der Waals surface area contributed by atoms with Crippen LogP contribution in [0.5, 0.6) is 0 Å². The number of amides is 3. The molecule has 0 bridgehead atoms. The maximum absolute atomic E-state index is 12.6. The van der Waals surface area contributed by atoms with Gasteiger partial charge in [0.1, 0.15) is 5.01 Å². The first kappa shape index (κ1) is 20.1. The molecule has 9 heteroatoms. The Kier molecular flexibility index (Phi) is 5.33. The minimum absolute atomic E-state index is 0.132. The molecule has 1 heterocycles. The van der Waals surface area contributed by atoms with Gasteiger partial charge in [-0.15, -0.1) is 11.3 Å². The molecule has 0 atom stereocenters. The average molecular weight is 425 g/mol. The van der Waals surface area contributed by atoms with Crippen LogP contribution in [0.4, 0.5) is 5.69 Å². The third kappa shape index (κ3) is 4.23. The van der Waals surface area contributed by atoms with Gasteiger partial charge in [0.05, 0.1) is 16.6 Å². The molecule has 2 aromatic carbocycles. The highest BCUT2D eigenvalue weighted by Gasteiger charge is 2.52. The second kappa shape index (κ2) is 7.94. The van der Waals surface area contributed by atoms with Crippen LogP contribution in [-0.2, 0) is 22.6 Å². The van der Waals surface area contributed by atoms with Crippen LogP contribution >= 0.6 is 11.3 Å². The molecular formula is C21H22N5O3S+. The lowest BCUT2D eigenvalue weighted by molar-refractivity contribution is -0.309. The number of quaternary nitrogens is 1. The fraction of sp³-hybridized carbons (Fsp3) is 0.238. The number of carbonyl (C=O) groups is 3. The van der Waals surface area contributed by atoms with Gasteiger partial charge in [0.2, 0.25) is 5.91 Å². The zero-order valence-electron chi connectivity index (χ0n) is 16.2. The normalized spacial score (nSPS) is 14.3. The molecule has 1 saturated carbocycles. The van der Waals surface area contributed by atoms with E-state index in [1.54, 1.807) is 18.2 Å². The second-order valence-electron chi connectivity index (χ2n) is 7.38. The first-order valence-corrected chi connectivity index (χ1v) is 10.4. The van der Waals surface area contributed by atoms with Crippen molar-refractivity contribution in [2.24, 2.45) is 5.73 Å². The maximum Gasteiger partial charge on any atom is 0.334 e. The van der Waals surface area contributed by atoms with Crippen LogP contribution in [0.25, 0.3) is 10.2 Å². The molecule has 3 aromatic rings. The lowest BCUT2D eigenvalue weighted by Crippen LogP contribution is -2.67. The van der Waals surface area contributed by atoms with Gasteiger partial charge >= 0.3 is 5.91 Å². The van der Waals surface area contributed by atoms with Gasteiger partial charge in [-0.3, -0.25) is 15.3 Å². The number of aromatic nitrogens is 1. The lowest BCUT2D eigenvalue weighted by atomic mass is 10.1. The number of para-hydroxylation sites is 1. The van der Waals surface area contributed by atoms with E-state index in [1.165, 1.54) is 11.3 Å². The summed E-state index contributed by atoms with van der Waals surface area (Å²) in [6.07, 6.45) is 1.31. The van der Waals surface area contributed by atoms with Crippen LogP contribution in [0.15, 0.2) is 42.5 Å². The molecule has 1 fully saturated rings. The number of nitrogens with zero attached hydrogens (tertiary/aromatic N) is 1. The standard InChI is InChI=1S/C21H21N5O3S/c22-11-12-7-13(19(28)26-21(5-6-21)20(23)29)9-14(8-12)24-17(27)10-18-25-15-3-1-2-4-16(15)30-18/h1-4,7-9H,5-6,10-11,22H2,(H2,23,29)(H,24,27)(H,26,28)/p+1. The minimum Gasteiger partial charge on any atom is -0.334 e. The van der Waals surface area contributed by atoms with E-state index >= 15 is 0 Å². The third-order valence-corrected chi connectivity index (χ3v) is 6.10. The van der Waals surface area contributed by atoms with Gasteiger partial charge in [0, 0.05) is 17.8 Å². The van der Waals surface area contributed by atoms with E-state index < -0.39 is 5.54 Å². The molecule has 7 N–H and O–H groups in total. The van der Waals surface area contributed by atoms with Crippen molar-refractivity contribution in [2.45, 2.75) is 31.3 Å². The number of anilines is 1. The van der Waals surface area contributed by atoms with E-state index in [0.717, 1.165) is 10.2 Å². The third-order valence-electron chi connectivity index (χ3n) is 5.06. The van der Waals surface area contributed by atoms with E-state index in [1.807, 2.05) is 24.3 Å². The molecule has 30 heavy (non-hydrogen) atoms. The topological polar surface area (TPSA) is 142 Å². The lowest BCUT2D eigenvalue weighted by Gasteiger charge is -2.13. The van der Waals surface area contributed by atoms with Gasteiger partial charge in [-0.05, 0) is 48.7 Å². The molecule has 154 valence electrons. The molecule has 8 nitrogen and oxygen atoms in total. The minimum atomic E-state index is -0.855. The van der Waals surface area contributed by atoms with Gasteiger partial charge < -0.3 is 16.4 Å². The molecule has 0 radical (unpaired) electrons. The quantitative estimate of drug-likeness (QED) is 0.447. The van der Waals surface area contributed by atoms with Crippen molar-refractivity contribution in [1.82, 2.24) is 10.3 Å². The average Bonchev–Trinajstić information content (AvgIpc) is 3.39. The molecule has 0 aliphatic heterocycles. The Bertz CT molecular complexity index is 1120. The fourth-order valence-corrected chi connectivity index (χ4v) is 4.21. The highest BCUT2D eigenvalue weighted by molar-refractivity contribution is 7.18. The van der Waals surface area contributed by atoms with Crippen LogP contribution in [-0.4, -0.2) is 28.2 Å². The van der Waals surface area contributed by atoms with Crippen molar-refractivity contribution >= 4 is 45.0 Å². The predicted molar refractivity (Wildman–Crippen MR) is 114 cm³/mol. The smallest absolute Gasteiger partial charge is 0.334 e. The number of hydrogen-bond donors (Lipinski definition) is 4. The molecule has 1 aliphatic carbocycles. The van der Waals surface area contributed by atoms with E-state index in [4.69, 9.17) is 5.73 Å². The van der Waals surface area contributed by atoms with Crippen molar-refractivity contribution in [3.8, 4) is 0 Å². The number of nitrogens with two attached hydrogens (primary N) is 1. The zero-order chi connectivity index (χ0) is 21.3. The Labute approximate surface area is 176 Å². The molecular weight excluding hydrogens is 402 g/mol. The Morgan fingerprint density at radius 3 is 2.60 bits per heavy atom.